The van der Waals surface area contributed by atoms with E-state index in [0.717, 1.165) is 18.9 Å². The number of aromatic nitrogens is 3. The molecule has 0 spiro atoms. The molecule has 168 valence electrons. The summed E-state index contributed by atoms with van der Waals surface area (Å²) < 4.78 is 53.4. The van der Waals surface area contributed by atoms with Crippen molar-refractivity contribution >= 4 is 17.3 Å². The number of para-hydroxylation sites is 1. The van der Waals surface area contributed by atoms with Crippen molar-refractivity contribution in [2.24, 2.45) is 5.73 Å². The van der Waals surface area contributed by atoms with E-state index in [-0.39, 0.29) is 34.5 Å². The number of alkyl halides is 3. The summed E-state index contributed by atoms with van der Waals surface area (Å²) >= 11 is 0. The Hall–Kier alpha value is -3.47. The second-order valence-corrected chi connectivity index (χ2v) is 7.54. The Kier molecular flexibility index (Phi) is 5.83. The lowest BCUT2D eigenvalue weighted by Crippen LogP contribution is -2.43. The van der Waals surface area contributed by atoms with E-state index >= 15 is 0 Å². The number of H-pyrrole nitrogens is 1. The lowest BCUT2D eigenvalue weighted by Gasteiger charge is -2.34. The van der Waals surface area contributed by atoms with Crippen molar-refractivity contribution in [2.75, 3.05) is 23.3 Å². The lowest BCUT2D eigenvalue weighted by molar-refractivity contribution is -0.137. The summed E-state index contributed by atoms with van der Waals surface area (Å²) in [6.07, 6.45) is 0.276. The SMILES string of the molecule is NC1CCCN(c2c(F)cccc2NC(=O)c2ncc(-c3cncc(C(F)(F)F)c3)[nH]2)C1. The molecule has 4 N–H and O–H groups in total. The highest BCUT2D eigenvalue weighted by Gasteiger charge is 2.31. The van der Waals surface area contributed by atoms with Crippen LogP contribution in [0.3, 0.4) is 0 Å². The van der Waals surface area contributed by atoms with Gasteiger partial charge in [0.1, 0.15) is 5.82 Å². The number of imidazole rings is 1. The average molecular weight is 448 g/mol. The number of nitrogens with zero attached hydrogens (tertiary/aromatic N) is 3. The van der Waals surface area contributed by atoms with Gasteiger partial charge in [0.15, 0.2) is 5.82 Å². The number of nitrogens with two attached hydrogens (primary N) is 1. The molecule has 1 aromatic carbocycles. The molecule has 0 radical (unpaired) electrons. The zero-order valence-electron chi connectivity index (χ0n) is 16.8. The zero-order chi connectivity index (χ0) is 22.9. The number of rotatable bonds is 4. The maximum atomic E-state index is 14.6. The van der Waals surface area contributed by atoms with Gasteiger partial charge in [0.05, 0.1) is 28.8 Å². The molecule has 2 aromatic heterocycles. The average Bonchev–Trinajstić information content (AvgIpc) is 3.24. The third kappa shape index (κ3) is 4.57. The summed E-state index contributed by atoms with van der Waals surface area (Å²) in [5.74, 6) is -1.29. The third-order valence-electron chi connectivity index (χ3n) is 5.18. The van der Waals surface area contributed by atoms with Crippen molar-refractivity contribution in [3.8, 4) is 11.3 Å². The molecule has 1 aliphatic heterocycles. The van der Waals surface area contributed by atoms with Crippen molar-refractivity contribution in [1.82, 2.24) is 15.0 Å². The first-order valence-corrected chi connectivity index (χ1v) is 9.90. The number of carbonyl (C=O) groups is 1. The summed E-state index contributed by atoms with van der Waals surface area (Å²) in [7, 11) is 0. The van der Waals surface area contributed by atoms with Crippen LogP contribution in [0.15, 0.2) is 42.9 Å². The fourth-order valence-electron chi connectivity index (χ4n) is 3.66. The van der Waals surface area contributed by atoms with E-state index in [0.29, 0.717) is 19.3 Å². The standard InChI is InChI=1S/C21H20F4N6O/c22-15-4-1-5-16(18(15)31-6-2-3-14(26)11-31)30-20(32)19-28-10-17(29-19)12-7-13(9-27-8-12)21(23,24)25/h1,4-5,7-10,14H,2-3,6,11,26H2,(H,28,29)(H,30,32). The van der Waals surface area contributed by atoms with Crippen LogP contribution in [0.25, 0.3) is 11.3 Å². The normalized spacial score (nSPS) is 16.8. The lowest BCUT2D eigenvalue weighted by atomic mass is 10.1. The van der Waals surface area contributed by atoms with Crippen LogP contribution in [0, 0.1) is 5.82 Å². The van der Waals surface area contributed by atoms with E-state index < -0.39 is 23.5 Å². The minimum Gasteiger partial charge on any atom is -0.366 e. The topological polar surface area (TPSA) is 99.9 Å². The Morgan fingerprint density at radius 2 is 2.06 bits per heavy atom. The predicted octanol–water partition coefficient (Wildman–Crippen LogP) is 3.81. The van der Waals surface area contributed by atoms with Gasteiger partial charge in [-0.25, -0.2) is 9.37 Å². The molecule has 11 heteroatoms. The van der Waals surface area contributed by atoms with Gasteiger partial charge < -0.3 is 20.9 Å². The third-order valence-corrected chi connectivity index (χ3v) is 5.18. The Balaban J connectivity index is 1.57. The maximum Gasteiger partial charge on any atom is 0.417 e. The highest BCUT2D eigenvalue weighted by atomic mass is 19.4. The number of halogens is 4. The van der Waals surface area contributed by atoms with E-state index in [1.807, 2.05) is 0 Å². The number of piperidine rings is 1. The summed E-state index contributed by atoms with van der Waals surface area (Å²) in [6.45, 7) is 1.06. The van der Waals surface area contributed by atoms with Crippen molar-refractivity contribution in [3.63, 3.8) is 0 Å². The molecule has 0 saturated carbocycles. The van der Waals surface area contributed by atoms with Crippen LogP contribution in [0.1, 0.15) is 29.0 Å². The number of benzene rings is 1. The Morgan fingerprint density at radius 1 is 1.25 bits per heavy atom. The molecular weight excluding hydrogens is 428 g/mol. The molecule has 1 aliphatic rings. The maximum absolute atomic E-state index is 14.6. The Bertz CT molecular complexity index is 1130. The number of nitrogens with one attached hydrogen (secondary N) is 2. The monoisotopic (exact) mass is 448 g/mol. The van der Waals surface area contributed by atoms with Gasteiger partial charge in [0, 0.05) is 37.1 Å². The molecular formula is C21H20F4N6O. The summed E-state index contributed by atoms with van der Waals surface area (Å²) in [6, 6.07) is 5.15. The van der Waals surface area contributed by atoms with E-state index in [9.17, 15) is 22.4 Å². The summed E-state index contributed by atoms with van der Waals surface area (Å²) in [5.41, 5.74) is 5.90. The number of amides is 1. The minimum absolute atomic E-state index is 0.0967. The second-order valence-electron chi connectivity index (χ2n) is 7.54. The summed E-state index contributed by atoms with van der Waals surface area (Å²) in [5, 5.41) is 2.63. The zero-order valence-corrected chi connectivity index (χ0v) is 16.8. The van der Waals surface area contributed by atoms with Crippen LogP contribution in [0.5, 0.6) is 0 Å². The molecule has 4 rings (SSSR count). The van der Waals surface area contributed by atoms with Crippen LogP contribution in [0.2, 0.25) is 0 Å². The van der Waals surface area contributed by atoms with Gasteiger partial charge >= 0.3 is 6.18 Å². The van der Waals surface area contributed by atoms with Crippen molar-refractivity contribution in [3.05, 3.63) is 60.1 Å². The highest BCUT2D eigenvalue weighted by Crippen LogP contribution is 2.32. The molecule has 7 nitrogen and oxygen atoms in total. The van der Waals surface area contributed by atoms with Gasteiger partial charge in [-0.2, -0.15) is 13.2 Å². The van der Waals surface area contributed by atoms with E-state index in [1.165, 1.54) is 24.5 Å². The van der Waals surface area contributed by atoms with E-state index in [2.05, 4.69) is 20.3 Å². The number of carbonyl (C=O) groups excluding carboxylic acids is 1. The smallest absolute Gasteiger partial charge is 0.366 e. The first kappa shape index (κ1) is 21.8. The van der Waals surface area contributed by atoms with Crippen LogP contribution < -0.4 is 16.0 Å². The fourth-order valence-corrected chi connectivity index (χ4v) is 3.66. The van der Waals surface area contributed by atoms with Gasteiger partial charge in [-0.05, 0) is 31.0 Å². The van der Waals surface area contributed by atoms with Gasteiger partial charge in [-0.1, -0.05) is 6.07 Å². The van der Waals surface area contributed by atoms with Gasteiger partial charge in [0.25, 0.3) is 5.91 Å². The molecule has 1 saturated heterocycles. The first-order chi connectivity index (χ1) is 15.2. The van der Waals surface area contributed by atoms with Crippen LogP contribution in [-0.4, -0.2) is 40.0 Å². The molecule has 0 bridgehead atoms. The predicted molar refractivity (Wildman–Crippen MR) is 111 cm³/mol. The van der Waals surface area contributed by atoms with Crippen molar-refractivity contribution in [1.29, 1.82) is 0 Å². The van der Waals surface area contributed by atoms with Crippen LogP contribution >= 0.6 is 0 Å². The minimum atomic E-state index is -4.55. The molecule has 3 heterocycles. The summed E-state index contributed by atoms with van der Waals surface area (Å²) in [4.78, 5) is 24.8. The fraction of sp³-hybridized carbons (Fsp3) is 0.286. The molecule has 1 fully saturated rings. The first-order valence-electron chi connectivity index (χ1n) is 9.90. The van der Waals surface area contributed by atoms with Gasteiger partial charge in [-0.3, -0.25) is 9.78 Å². The number of pyridine rings is 1. The van der Waals surface area contributed by atoms with E-state index in [4.69, 9.17) is 5.73 Å². The van der Waals surface area contributed by atoms with Gasteiger partial charge in [-0.15, -0.1) is 0 Å². The highest BCUT2D eigenvalue weighted by molar-refractivity contribution is 6.04. The molecule has 1 amide bonds. The van der Waals surface area contributed by atoms with Crippen LogP contribution in [0.4, 0.5) is 28.9 Å². The molecule has 0 aliphatic carbocycles. The largest absolute Gasteiger partial charge is 0.417 e. The second kappa shape index (κ2) is 8.58. The van der Waals surface area contributed by atoms with E-state index in [1.54, 1.807) is 11.0 Å². The molecule has 1 unspecified atom stereocenters. The quantitative estimate of drug-likeness (QED) is 0.527. The number of aromatic amines is 1. The van der Waals surface area contributed by atoms with Gasteiger partial charge in [0.2, 0.25) is 0 Å². The van der Waals surface area contributed by atoms with Crippen LogP contribution in [-0.2, 0) is 6.18 Å². The molecule has 1 atom stereocenters. The Morgan fingerprint density at radius 3 is 2.81 bits per heavy atom. The number of hydrogen-bond acceptors (Lipinski definition) is 5. The van der Waals surface area contributed by atoms with Crippen molar-refractivity contribution < 1.29 is 22.4 Å². The Labute approximate surface area is 180 Å². The molecule has 32 heavy (non-hydrogen) atoms. The number of anilines is 2. The number of hydrogen-bond donors (Lipinski definition) is 3. The van der Waals surface area contributed by atoms with Crippen molar-refractivity contribution in [2.45, 2.75) is 25.1 Å². The molecule has 3 aromatic rings.